The molecule has 18 heavy (non-hydrogen) atoms. The molecule has 0 radical (unpaired) electrons. The minimum absolute atomic E-state index is 0.437. The second-order valence-electron chi connectivity index (χ2n) is 5.04. The second-order valence-corrected chi connectivity index (χ2v) is 6.73. The van der Waals surface area contributed by atoms with Gasteiger partial charge in [-0.05, 0) is 25.5 Å². The predicted octanol–water partition coefficient (Wildman–Crippen LogP) is 3.22. The molecule has 0 bridgehead atoms. The summed E-state index contributed by atoms with van der Waals surface area (Å²) in [6, 6.07) is 0.437. The first-order valence-corrected chi connectivity index (χ1v) is 7.87. The van der Waals surface area contributed by atoms with Crippen molar-refractivity contribution < 1.29 is 0 Å². The number of nitrogens with zero attached hydrogens (tertiary/aromatic N) is 2. The van der Waals surface area contributed by atoms with E-state index >= 15 is 0 Å². The van der Waals surface area contributed by atoms with Crippen LogP contribution in [0.1, 0.15) is 50.2 Å². The average molecular weight is 269 g/mol. The Morgan fingerprint density at radius 1 is 1.33 bits per heavy atom. The molecule has 1 rings (SSSR count). The number of aryl methyl sites for hydroxylation is 2. The molecule has 0 saturated heterocycles. The fourth-order valence-corrected chi connectivity index (χ4v) is 2.98. The van der Waals surface area contributed by atoms with E-state index in [1.807, 2.05) is 23.5 Å². The topological polar surface area (TPSA) is 29.9 Å². The van der Waals surface area contributed by atoms with E-state index in [0.29, 0.717) is 11.3 Å². The third-order valence-electron chi connectivity index (χ3n) is 3.27. The monoisotopic (exact) mass is 269 g/mol. The average Bonchev–Trinajstić information content (AvgIpc) is 2.55. The molecule has 3 nitrogen and oxygen atoms in total. The lowest BCUT2D eigenvalue weighted by Crippen LogP contribution is -2.24. The van der Waals surface area contributed by atoms with Crippen LogP contribution in [0.3, 0.4) is 0 Å². The Bertz CT molecular complexity index is 371. The minimum atomic E-state index is 0.437. The van der Waals surface area contributed by atoms with Crippen molar-refractivity contribution in [3.05, 3.63) is 17.0 Å². The van der Waals surface area contributed by atoms with Gasteiger partial charge in [0, 0.05) is 36.6 Å². The van der Waals surface area contributed by atoms with Crippen molar-refractivity contribution in [2.75, 3.05) is 12.3 Å². The summed E-state index contributed by atoms with van der Waals surface area (Å²) < 4.78 is 1.98. The summed E-state index contributed by atoms with van der Waals surface area (Å²) in [5, 5.41) is 8.89. The lowest BCUT2D eigenvalue weighted by molar-refractivity contribution is 0.534. The maximum Gasteiger partial charge on any atom is 0.0644 e. The van der Waals surface area contributed by atoms with Crippen LogP contribution < -0.4 is 5.32 Å². The van der Waals surface area contributed by atoms with Crippen molar-refractivity contribution in [3.8, 4) is 0 Å². The van der Waals surface area contributed by atoms with Crippen LogP contribution in [-0.4, -0.2) is 27.3 Å². The Morgan fingerprint density at radius 2 is 2.00 bits per heavy atom. The van der Waals surface area contributed by atoms with Gasteiger partial charge in [0.25, 0.3) is 0 Å². The van der Waals surface area contributed by atoms with Crippen molar-refractivity contribution >= 4 is 11.8 Å². The first-order chi connectivity index (χ1) is 8.47. The SMILES string of the molecule is CCC(NCCSC(C)C)c1c(C)nn(C)c1C. The summed E-state index contributed by atoms with van der Waals surface area (Å²) in [4.78, 5) is 0. The van der Waals surface area contributed by atoms with E-state index < -0.39 is 0 Å². The largest absolute Gasteiger partial charge is 0.309 e. The molecule has 0 aliphatic carbocycles. The second kappa shape index (κ2) is 7.19. The van der Waals surface area contributed by atoms with E-state index in [4.69, 9.17) is 0 Å². The number of thioether (sulfide) groups is 1. The standard InChI is InChI=1S/C14H27N3S/c1-7-13(15-8-9-18-10(2)3)14-11(4)16-17(6)12(14)5/h10,13,15H,7-9H2,1-6H3. The molecular weight excluding hydrogens is 242 g/mol. The van der Waals surface area contributed by atoms with Gasteiger partial charge in [-0.3, -0.25) is 4.68 Å². The van der Waals surface area contributed by atoms with E-state index in [2.05, 4.69) is 45.0 Å². The number of hydrogen-bond acceptors (Lipinski definition) is 3. The molecule has 0 saturated carbocycles. The first kappa shape index (κ1) is 15.6. The molecule has 0 spiro atoms. The van der Waals surface area contributed by atoms with Crippen LogP contribution in [0.2, 0.25) is 0 Å². The summed E-state index contributed by atoms with van der Waals surface area (Å²) in [7, 11) is 2.02. The van der Waals surface area contributed by atoms with E-state index in [-0.39, 0.29) is 0 Å². The molecule has 0 amide bonds. The van der Waals surface area contributed by atoms with Crippen LogP contribution in [0, 0.1) is 13.8 Å². The summed E-state index contributed by atoms with van der Waals surface area (Å²) >= 11 is 2.01. The summed E-state index contributed by atoms with van der Waals surface area (Å²) in [5.74, 6) is 1.17. The third-order valence-corrected chi connectivity index (χ3v) is 4.37. The van der Waals surface area contributed by atoms with E-state index in [9.17, 15) is 0 Å². The molecule has 1 aromatic heterocycles. The molecular formula is C14H27N3S. The Balaban J connectivity index is 2.60. The van der Waals surface area contributed by atoms with Crippen LogP contribution >= 0.6 is 11.8 Å². The Morgan fingerprint density at radius 3 is 2.44 bits per heavy atom. The van der Waals surface area contributed by atoms with Crippen LogP contribution in [-0.2, 0) is 7.05 Å². The maximum atomic E-state index is 4.51. The lowest BCUT2D eigenvalue weighted by Gasteiger charge is -2.18. The normalized spacial score (nSPS) is 13.3. The van der Waals surface area contributed by atoms with E-state index in [1.54, 1.807) is 0 Å². The van der Waals surface area contributed by atoms with Gasteiger partial charge in [-0.15, -0.1) is 0 Å². The highest BCUT2D eigenvalue weighted by Gasteiger charge is 2.17. The zero-order valence-electron chi connectivity index (χ0n) is 12.6. The van der Waals surface area contributed by atoms with Crippen molar-refractivity contribution in [3.63, 3.8) is 0 Å². The van der Waals surface area contributed by atoms with Gasteiger partial charge in [-0.1, -0.05) is 20.8 Å². The van der Waals surface area contributed by atoms with Gasteiger partial charge in [-0.2, -0.15) is 16.9 Å². The van der Waals surface area contributed by atoms with Crippen molar-refractivity contribution in [1.29, 1.82) is 0 Å². The number of nitrogens with one attached hydrogen (secondary N) is 1. The Kier molecular flexibility index (Phi) is 6.22. The van der Waals surface area contributed by atoms with Gasteiger partial charge in [0.15, 0.2) is 0 Å². The van der Waals surface area contributed by atoms with Crippen LogP contribution in [0.25, 0.3) is 0 Å². The highest BCUT2D eigenvalue weighted by Crippen LogP contribution is 2.23. The fraction of sp³-hybridized carbons (Fsp3) is 0.786. The molecule has 0 fully saturated rings. The lowest BCUT2D eigenvalue weighted by atomic mass is 10.0. The van der Waals surface area contributed by atoms with Gasteiger partial charge in [0.1, 0.15) is 0 Å². The predicted molar refractivity (Wildman–Crippen MR) is 81.3 cm³/mol. The quantitative estimate of drug-likeness (QED) is 0.771. The molecule has 0 aliphatic rings. The molecule has 104 valence electrons. The molecule has 0 aliphatic heterocycles. The van der Waals surface area contributed by atoms with E-state index in [0.717, 1.165) is 18.7 Å². The molecule has 1 unspecified atom stereocenters. The van der Waals surface area contributed by atoms with Gasteiger partial charge < -0.3 is 5.32 Å². The molecule has 1 aromatic rings. The summed E-state index contributed by atoms with van der Waals surface area (Å²) in [5.41, 5.74) is 3.82. The third kappa shape index (κ3) is 4.02. The fourth-order valence-electron chi connectivity index (χ4n) is 2.27. The summed E-state index contributed by atoms with van der Waals surface area (Å²) in [6.07, 6.45) is 1.11. The highest BCUT2D eigenvalue weighted by atomic mass is 32.2. The zero-order valence-corrected chi connectivity index (χ0v) is 13.4. The molecule has 1 heterocycles. The molecule has 1 N–H and O–H groups in total. The first-order valence-electron chi connectivity index (χ1n) is 6.82. The molecule has 1 atom stereocenters. The van der Waals surface area contributed by atoms with Gasteiger partial charge >= 0.3 is 0 Å². The number of hydrogen-bond donors (Lipinski definition) is 1. The number of rotatable bonds is 7. The van der Waals surface area contributed by atoms with Crippen molar-refractivity contribution in [1.82, 2.24) is 15.1 Å². The Labute approximate surface area is 116 Å². The van der Waals surface area contributed by atoms with Crippen LogP contribution in [0.4, 0.5) is 0 Å². The van der Waals surface area contributed by atoms with Crippen LogP contribution in [0.15, 0.2) is 0 Å². The van der Waals surface area contributed by atoms with Crippen molar-refractivity contribution in [2.24, 2.45) is 7.05 Å². The smallest absolute Gasteiger partial charge is 0.0644 e. The molecule has 4 heteroatoms. The minimum Gasteiger partial charge on any atom is -0.309 e. The van der Waals surface area contributed by atoms with Gasteiger partial charge in [-0.25, -0.2) is 0 Å². The number of aromatic nitrogens is 2. The van der Waals surface area contributed by atoms with Crippen LogP contribution in [0.5, 0.6) is 0 Å². The Hall–Kier alpha value is -0.480. The molecule has 0 aromatic carbocycles. The zero-order chi connectivity index (χ0) is 13.7. The van der Waals surface area contributed by atoms with Crippen molar-refractivity contribution in [2.45, 2.75) is 52.3 Å². The van der Waals surface area contributed by atoms with Gasteiger partial charge in [0.2, 0.25) is 0 Å². The van der Waals surface area contributed by atoms with E-state index in [1.165, 1.54) is 17.0 Å². The van der Waals surface area contributed by atoms with Gasteiger partial charge in [0.05, 0.1) is 5.69 Å². The summed E-state index contributed by atoms with van der Waals surface area (Å²) in [6.45, 7) is 12.1. The highest BCUT2D eigenvalue weighted by molar-refractivity contribution is 7.99. The maximum absolute atomic E-state index is 4.51.